The van der Waals surface area contributed by atoms with E-state index in [2.05, 4.69) is 37.0 Å². The van der Waals surface area contributed by atoms with Gasteiger partial charge in [-0.15, -0.1) is 0 Å². The Labute approximate surface area is 156 Å². The van der Waals surface area contributed by atoms with Crippen LogP contribution in [0.3, 0.4) is 0 Å². The van der Waals surface area contributed by atoms with Crippen LogP contribution in [0.4, 0.5) is 11.5 Å². The topological polar surface area (TPSA) is 101 Å². The number of aromatic nitrogens is 4. The van der Waals surface area contributed by atoms with Crippen molar-refractivity contribution >= 4 is 39.2 Å². The number of carbonyl (C=O) groups excluding carboxylic acids is 1. The molecule has 0 unspecified atom stereocenters. The number of hydrogen-bond acceptors (Lipinski definition) is 6. The molecule has 0 spiro atoms. The zero-order valence-corrected chi connectivity index (χ0v) is 15.2. The number of fused-ring (bicyclic) bond motifs is 2. The molecule has 0 aliphatic carbocycles. The van der Waals surface area contributed by atoms with Gasteiger partial charge in [0.25, 0.3) is 0 Å². The minimum Gasteiger partial charge on any atom is -0.382 e. The van der Waals surface area contributed by atoms with E-state index >= 15 is 0 Å². The maximum absolute atomic E-state index is 12.6. The molecule has 3 N–H and O–H groups in total. The Bertz CT molecular complexity index is 1150. The van der Waals surface area contributed by atoms with E-state index in [1.54, 1.807) is 0 Å². The van der Waals surface area contributed by atoms with E-state index in [1.165, 1.54) is 6.33 Å². The van der Waals surface area contributed by atoms with E-state index < -0.39 is 0 Å². The zero-order valence-electron chi connectivity index (χ0n) is 15.2. The molecule has 7 heteroatoms. The van der Waals surface area contributed by atoms with Crippen molar-refractivity contribution in [1.29, 1.82) is 0 Å². The molecule has 4 aromatic rings. The first-order chi connectivity index (χ1) is 13.0. The summed E-state index contributed by atoms with van der Waals surface area (Å²) in [4.78, 5) is 30.2. The highest BCUT2D eigenvalue weighted by molar-refractivity contribution is 6.00. The van der Waals surface area contributed by atoms with E-state index in [0.29, 0.717) is 41.2 Å². The molecule has 0 saturated heterocycles. The summed E-state index contributed by atoms with van der Waals surface area (Å²) in [6, 6.07) is 12.0. The van der Waals surface area contributed by atoms with Gasteiger partial charge in [0.2, 0.25) is 0 Å². The summed E-state index contributed by atoms with van der Waals surface area (Å²) in [5.41, 5.74) is 8.78. The second-order valence-corrected chi connectivity index (χ2v) is 6.70. The molecule has 2 aromatic heterocycles. The van der Waals surface area contributed by atoms with Gasteiger partial charge >= 0.3 is 0 Å². The fraction of sp³-hybridized carbons (Fsp3) is 0.200. The molecular formula is C20H20N6O. The normalized spacial score (nSPS) is 11.2. The quantitative estimate of drug-likeness (QED) is 0.531. The van der Waals surface area contributed by atoms with Crippen LogP contribution in [0.1, 0.15) is 22.6 Å². The lowest BCUT2D eigenvalue weighted by Gasteiger charge is -2.13. The average molecular weight is 360 g/mol. The van der Waals surface area contributed by atoms with Crippen LogP contribution < -0.4 is 10.6 Å². The van der Waals surface area contributed by atoms with Gasteiger partial charge in [0, 0.05) is 38.2 Å². The molecule has 2 aromatic carbocycles. The van der Waals surface area contributed by atoms with Gasteiger partial charge in [0.15, 0.2) is 17.2 Å². The first-order valence-corrected chi connectivity index (χ1v) is 8.70. The minimum atomic E-state index is 0.0769. The van der Waals surface area contributed by atoms with Crippen LogP contribution in [-0.2, 0) is 6.42 Å². The third-order valence-electron chi connectivity index (χ3n) is 4.62. The van der Waals surface area contributed by atoms with Crippen molar-refractivity contribution in [2.75, 3.05) is 24.7 Å². The Morgan fingerprint density at radius 1 is 1.11 bits per heavy atom. The summed E-state index contributed by atoms with van der Waals surface area (Å²) in [6.45, 7) is 0. The smallest absolute Gasteiger partial charge is 0.183 e. The van der Waals surface area contributed by atoms with Gasteiger partial charge in [0.1, 0.15) is 17.7 Å². The molecule has 0 radical (unpaired) electrons. The van der Waals surface area contributed by atoms with Crippen molar-refractivity contribution in [3.63, 3.8) is 0 Å². The number of imidazole rings is 1. The van der Waals surface area contributed by atoms with Crippen LogP contribution in [0.2, 0.25) is 0 Å². The summed E-state index contributed by atoms with van der Waals surface area (Å²) in [5, 5.41) is 2.17. The molecule has 2 heterocycles. The van der Waals surface area contributed by atoms with Gasteiger partial charge in [-0.3, -0.25) is 4.79 Å². The number of aryl methyl sites for hydroxylation is 1. The number of nitrogen functional groups attached to an aromatic ring is 1. The predicted octanol–water partition coefficient (Wildman–Crippen LogP) is 2.97. The largest absolute Gasteiger partial charge is 0.382 e. The Morgan fingerprint density at radius 2 is 1.89 bits per heavy atom. The number of nitrogens with two attached hydrogens (primary N) is 1. The monoisotopic (exact) mass is 360 g/mol. The van der Waals surface area contributed by atoms with E-state index in [-0.39, 0.29) is 5.78 Å². The average Bonchev–Trinajstić information content (AvgIpc) is 3.09. The molecule has 0 bridgehead atoms. The lowest BCUT2D eigenvalue weighted by molar-refractivity contribution is 0.0982. The Hall–Kier alpha value is -3.48. The number of rotatable bonds is 5. The summed E-state index contributed by atoms with van der Waals surface area (Å²) in [7, 11) is 4.02. The lowest BCUT2D eigenvalue weighted by Crippen LogP contribution is -2.08. The van der Waals surface area contributed by atoms with Crippen molar-refractivity contribution in [3.8, 4) is 0 Å². The van der Waals surface area contributed by atoms with E-state index in [1.807, 2.05) is 38.4 Å². The van der Waals surface area contributed by atoms with Crippen LogP contribution in [0.15, 0.2) is 42.7 Å². The molecule has 136 valence electrons. The van der Waals surface area contributed by atoms with Crippen molar-refractivity contribution in [2.45, 2.75) is 12.8 Å². The third-order valence-corrected chi connectivity index (χ3v) is 4.62. The number of carbonyl (C=O) groups is 1. The predicted molar refractivity (Wildman–Crippen MR) is 107 cm³/mol. The first-order valence-electron chi connectivity index (χ1n) is 8.70. The number of H-pyrrole nitrogens is 1. The van der Waals surface area contributed by atoms with Gasteiger partial charge in [0.05, 0.1) is 0 Å². The van der Waals surface area contributed by atoms with E-state index in [4.69, 9.17) is 5.73 Å². The maximum Gasteiger partial charge on any atom is 0.183 e. The zero-order chi connectivity index (χ0) is 19.0. The highest BCUT2D eigenvalue weighted by Gasteiger charge is 2.11. The second-order valence-electron chi connectivity index (χ2n) is 6.70. The number of nitrogens with one attached hydrogen (secondary N) is 1. The lowest BCUT2D eigenvalue weighted by atomic mass is 10.0. The maximum atomic E-state index is 12.6. The van der Waals surface area contributed by atoms with E-state index in [9.17, 15) is 4.79 Å². The molecule has 4 rings (SSSR count). The molecule has 27 heavy (non-hydrogen) atoms. The van der Waals surface area contributed by atoms with Crippen LogP contribution in [0, 0.1) is 0 Å². The van der Waals surface area contributed by atoms with Crippen molar-refractivity contribution < 1.29 is 4.79 Å². The molecule has 0 saturated carbocycles. The number of hydrogen-bond donors (Lipinski definition) is 2. The van der Waals surface area contributed by atoms with Gasteiger partial charge in [-0.1, -0.05) is 18.2 Å². The fourth-order valence-electron chi connectivity index (χ4n) is 3.07. The summed E-state index contributed by atoms with van der Waals surface area (Å²) in [5.74, 6) is 1.12. The van der Waals surface area contributed by atoms with Crippen LogP contribution in [0.25, 0.3) is 21.9 Å². The highest BCUT2D eigenvalue weighted by Crippen LogP contribution is 2.23. The first kappa shape index (κ1) is 17.0. The molecule has 0 atom stereocenters. The molecule has 0 aliphatic heterocycles. The number of benzene rings is 2. The van der Waals surface area contributed by atoms with Crippen LogP contribution in [-0.4, -0.2) is 39.8 Å². The van der Waals surface area contributed by atoms with Gasteiger partial charge < -0.3 is 15.6 Å². The van der Waals surface area contributed by atoms with Gasteiger partial charge in [-0.2, -0.15) is 0 Å². The Kier molecular flexibility index (Phi) is 4.19. The molecule has 7 nitrogen and oxygen atoms in total. The standard InChI is InChI=1S/C20H20N6O/c1-26(2)15-6-5-12-9-14(4-3-13(12)10-15)16(27)7-8-17-24-18-19(21)22-11-23-20(18)25-17/h3-6,9-11H,7-8H2,1-2H3,(H3,21,22,23,24,25). The Morgan fingerprint density at radius 3 is 2.67 bits per heavy atom. The number of nitrogens with zero attached hydrogens (tertiary/aromatic N) is 4. The van der Waals surface area contributed by atoms with Gasteiger partial charge in [-0.05, 0) is 29.0 Å². The minimum absolute atomic E-state index is 0.0769. The summed E-state index contributed by atoms with van der Waals surface area (Å²) < 4.78 is 0. The fourth-order valence-corrected chi connectivity index (χ4v) is 3.07. The van der Waals surface area contributed by atoms with Crippen LogP contribution >= 0.6 is 0 Å². The molecule has 0 aliphatic rings. The number of Topliss-reactive ketones (excluding diaryl/α,β-unsaturated/α-hetero) is 1. The van der Waals surface area contributed by atoms with Crippen LogP contribution in [0.5, 0.6) is 0 Å². The molecule has 0 amide bonds. The molecule has 0 fully saturated rings. The van der Waals surface area contributed by atoms with E-state index in [0.717, 1.165) is 16.5 Å². The van der Waals surface area contributed by atoms with Crippen molar-refractivity contribution in [2.24, 2.45) is 0 Å². The number of anilines is 2. The number of ketones is 1. The third kappa shape index (κ3) is 3.31. The van der Waals surface area contributed by atoms with Crippen molar-refractivity contribution in [1.82, 2.24) is 19.9 Å². The summed E-state index contributed by atoms with van der Waals surface area (Å²) in [6.07, 6.45) is 2.23. The van der Waals surface area contributed by atoms with Gasteiger partial charge in [-0.25, -0.2) is 15.0 Å². The summed E-state index contributed by atoms with van der Waals surface area (Å²) >= 11 is 0. The molecular weight excluding hydrogens is 340 g/mol. The second kappa shape index (κ2) is 6.68. The SMILES string of the molecule is CN(C)c1ccc2cc(C(=O)CCc3nc4ncnc(N)c4[nH]3)ccc2c1. The number of aromatic amines is 1. The van der Waals surface area contributed by atoms with Crippen molar-refractivity contribution in [3.05, 3.63) is 54.1 Å². The Balaban J connectivity index is 1.51. The highest BCUT2D eigenvalue weighted by atomic mass is 16.1.